The van der Waals surface area contributed by atoms with Gasteiger partial charge in [-0.25, -0.2) is 4.39 Å². The van der Waals surface area contributed by atoms with Gasteiger partial charge in [-0.15, -0.1) is 0 Å². The summed E-state index contributed by atoms with van der Waals surface area (Å²) in [5.41, 5.74) is 9.31. The summed E-state index contributed by atoms with van der Waals surface area (Å²) < 4.78 is 22.0. The van der Waals surface area contributed by atoms with Crippen molar-refractivity contribution in [1.82, 2.24) is 30.2 Å². The molecule has 2 aromatic carbocycles. The molecule has 4 unspecified atom stereocenters. The average molecular weight is 606 g/mol. The quantitative estimate of drug-likeness (QED) is 0.343. The van der Waals surface area contributed by atoms with E-state index in [2.05, 4.69) is 20.6 Å². The number of benzene rings is 2. The van der Waals surface area contributed by atoms with Crippen molar-refractivity contribution in [3.05, 3.63) is 70.6 Å². The molecule has 43 heavy (non-hydrogen) atoms. The lowest BCUT2D eigenvalue weighted by atomic mass is 9.88. The van der Waals surface area contributed by atoms with Crippen LogP contribution in [0.4, 0.5) is 4.39 Å². The van der Waals surface area contributed by atoms with E-state index in [1.165, 1.54) is 9.58 Å². The molecule has 222 valence electrons. The Morgan fingerprint density at radius 2 is 1.98 bits per heavy atom. The second kappa shape index (κ2) is 11.3. The minimum Gasteiger partial charge on any atom is -0.491 e. The van der Waals surface area contributed by atoms with E-state index in [4.69, 9.17) is 22.1 Å². The largest absolute Gasteiger partial charge is 0.491 e. The molecule has 6 rings (SSSR count). The topological polar surface area (TPSA) is 145 Å². The molecule has 11 nitrogen and oxygen atoms in total. The number of likely N-dealkylation sites (tertiary alicyclic amines) is 1. The number of hydrogen-bond acceptors (Lipinski definition) is 7. The van der Waals surface area contributed by atoms with E-state index in [9.17, 15) is 18.8 Å². The first-order valence-corrected chi connectivity index (χ1v) is 14.2. The number of halogens is 2. The van der Waals surface area contributed by atoms with E-state index in [-0.39, 0.29) is 31.1 Å². The van der Waals surface area contributed by atoms with Gasteiger partial charge in [-0.05, 0) is 42.3 Å². The molecule has 0 saturated carbocycles. The maximum absolute atomic E-state index is 14.8. The lowest BCUT2D eigenvalue weighted by Gasteiger charge is -2.35. The van der Waals surface area contributed by atoms with Gasteiger partial charge in [0, 0.05) is 28.9 Å². The Morgan fingerprint density at radius 3 is 2.72 bits per heavy atom. The van der Waals surface area contributed by atoms with E-state index in [1.807, 2.05) is 19.9 Å². The first kappa shape index (κ1) is 28.5. The molecule has 2 aliphatic heterocycles. The monoisotopic (exact) mass is 605 g/mol. The molecule has 3 amide bonds. The van der Waals surface area contributed by atoms with Gasteiger partial charge in [0.2, 0.25) is 11.8 Å². The Morgan fingerprint density at radius 1 is 1.16 bits per heavy atom. The molecule has 1 fully saturated rings. The number of carbonyl (C=O) groups excluding carboxylic acids is 3. The van der Waals surface area contributed by atoms with Crippen molar-refractivity contribution in [2.75, 3.05) is 13.2 Å². The van der Waals surface area contributed by atoms with Gasteiger partial charge < -0.3 is 20.7 Å². The molecule has 2 aliphatic rings. The summed E-state index contributed by atoms with van der Waals surface area (Å²) in [5.74, 6) is -1.30. The minimum absolute atomic E-state index is 0.00745. The fourth-order valence-corrected chi connectivity index (χ4v) is 6.13. The Bertz CT molecular complexity index is 1750. The fraction of sp³-hybridized carbons (Fsp3) is 0.333. The molecule has 4 atom stereocenters. The Hall–Kier alpha value is -4.58. The smallest absolute Gasteiger partial charge is 0.269 e. The van der Waals surface area contributed by atoms with Gasteiger partial charge >= 0.3 is 0 Å². The lowest BCUT2D eigenvalue weighted by molar-refractivity contribution is -0.139. The summed E-state index contributed by atoms with van der Waals surface area (Å²) in [4.78, 5) is 40.7. The van der Waals surface area contributed by atoms with Crippen molar-refractivity contribution in [2.24, 2.45) is 11.7 Å². The van der Waals surface area contributed by atoms with Crippen LogP contribution in [-0.2, 0) is 16.1 Å². The third-order valence-electron chi connectivity index (χ3n) is 8.09. The maximum Gasteiger partial charge on any atom is 0.269 e. The number of primary amides is 1. The van der Waals surface area contributed by atoms with Crippen LogP contribution in [0.1, 0.15) is 41.0 Å². The summed E-state index contributed by atoms with van der Waals surface area (Å²) in [6, 6.07) is 9.19. The van der Waals surface area contributed by atoms with Crippen LogP contribution in [0.15, 0.2) is 48.8 Å². The number of aromatic nitrogens is 4. The zero-order chi connectivity index (χ0) is 30.4. The van der Waals surface area contributed by atoms with Gasteiger partial charge in [0.1, 0.15) is 24.5 Å². The summed E-state index contributed by atoms with van der Waals surface area (Å²) in [7, 11) is 0. The molecule has 0 aliphatic carbocycles. The van der Waals surface area contributed by atoms with E-state index >= 15 is 0 Å². The molecular formula is C30H29ClFN7O4. The van der Waals surface area contributed by atoms with Crippen LogP contribution < -0.4 is 15.8 Å². The van der Waals surface area contributed by atoms with Crippen molar-refractivity contribution >= 4 is 40.2 Å². The zero-order valence-corrected chi connectivity index (χ0v) is 24.2. The minimum atomic E-state index is -1.37. The highest BCUT2D eigenvalue weighted by Crippen LogP contribution is 2.42. The number of aryl methyl sites for hydroxylation is 1. The van der Waals surface area contributed by atoms with Gasteiger partial charge in [-0.1, -0.05) is 30.7 Å². The van der Waals surface area contributed by atoms with E-state index < -0.39 is 36.0 Å². The number of hydrogen-bond donors (Lipinski definition) is 2. The summed E-state index contributed by atoms with van der Waals surface area (Å²) in [5, 5.41) is 15.9. The van der Waals surface area contributed by atoms with Crippen LogP contribution in [0.2, 0.25) is 5.02 Å². The van der Waals surface area contributed by atoms with Crippen molar-refractivity contribution in [2.45, 2.75) is 45.1 Å². The number of nitrogens with two attached hydrogens (primary N) is 1. The maximum atomic E-state index is 14.8. The van der Waals surface area contributed by atoms with Crippen LogP contribution in [-0.4, -0.2) is 68.0 Å². The van der Waals surface area contributed by atoms with Crippen LogP contribution in [0.25, 0.3) is 22.0 Å². The van der Waals surface area contributed by atoms with Crippen LogP contribution in [0, 0.1) is 12.8 Å². The number of ether oxygens (including phenoxy) is 1. The predicted octanol–water partition coefficient (Wildman–Crippen LogP) is 3.38. The van der Waals surface area contributed by atoms with Crippen LogP contribution in [0.5, 0.6) is 5.75 Å². The highest BCUT2D eigenvalue weighted by Gasteiger charge is 2.42. The standard InChI is InChI=1S/C30H29ClFN7O4/c1-15-3-5-21(31)28-25(15)26(16(2)14-43-28)36-30(42)23-10-19(32)12-38(23)24(40)13-39-22-6-4-17(18-7-8-34-35-11-18)9-20(22)27(37-39)29(33)41/h3-9,11,16,19,23,26H,10,12-14H2,1-2H3,(H2,33,41)(H,36,42). The molecular weight excluding hydrogens is 577 g/mol. The first-order chi connectivity index (χ1) is 20.6. The third-order valence-corrected chi connectivity index (χ3v) is 8.39. The number of nitrogens with one attached hydrogen (secondary N) is 1. The molecule has 4 heterocycles. The summed E-state index contributed by atoms with van der Waals surface area (Å²) in [6.45, 7) is 3.64. The molecule has 0 bridgehead atoms. The van der Waals surface area contributed by atoms with E-state index in [1.54, 1.807) is 42.7 Å². The Labute approximate surface area is 251 Å². The number of rotatable bonds is 6. The second-order valence-electron chi connectivity index (χ2n) is 11.0. The predicted molar refractivity (Wildman–Crippen MR) is 156 cm³/mol. The van der Waals surface area contributed by atoms with Crippen LogP contribution in [0.3, 0.4) is 0 Å². The van der Waals surface area contributed by atoms with Crippen molar-refractivity contribution in [1.29, 1.82) is 0 Å². The fourth-order valence-electron chi connectivity index (χ4n) is 5.91. The number of nitrogens with zero attached hydrogens (tertiary/aromatic N) is 5. The zero-order valence-electron chi connectivity index (χ0n) is 23.5. The molecule has 13 heteroatoms. The highest BCUT2D eigenvalue weighted by atomic mass is 35.5. The molecule has 0 spiro atoms. The van der Waals surface area contributed by atoms with Gasteiger partial charge in [-0.2, -0.15) is 15.3 Å². The second-order valence-corrected chi connectivity index (χ2v) is 11.4. The molecule has 4 aromatic rings. The number of fused-ring (bicyclic) bond motifs is 2. The number of amides is 3. The van der Waals surface area contributed by atoms with Gasteiger partial charge in [0.25, 0.3) is 5.91 Å². The van der Waals surface area contributed by atoms with Gasteiger partial charge in [0.15, 0.2) is 5.69 Å². The lowest BCUT2D eigenvalue weighted by Crippen LogP contribution is -2.49. The average Bonchev–Trinajstić information content (AvgIpc) is 3.57. The number of alkyl halides is 1. The van der Waals surface area contributed by atoms with Crippen molar-refractivity contribution in [3.63, 3.8) is 0 Å². The molecule has 2 aromatic heterocycles. The van der Waals surface area contributed by atoms with Crippen molar-refractivity contribution in [3.8, 4) is 16.9 Å². The highest BCUT2D eigenvalue weighted by molar-refractivity contribution is 6.32. The van der Waals surface area contributed by atoms with E-state index in [0.29, 0.717) is 28.3 Å². The van der Waals surface area contributed by atoms with Crippen molar-refractivity contribution < 1.29 is 23.5 Å². The number of carbonyl (C=O) groups is 3. The Kier molecular flexibility index (Phi) is 7.47. The SMILES string of the molecule is Cc1ccc(Cl)c2c1C(NC(=O)C1CC(F)CN1C(=O)Cn1nc(C(N)=O)c3cc(-c4ccnnc4)ccc31)C(C)CO2. The first-order valence-electron chi connectivity index (χ1n) is 13.9. The van der Waals surface area contributed by atoms with E-state index in [0.717, 1.165) is 22.3 Å². The molecule has 0 radical (unpaired) electrons. The summed E-state index contributed by atoms with van der Waals surface area (Å²) in [6.07, 6.45) is 1.63. The Balaban J connectivity index is 1.26. The van der Waals surface area contributed by atoms with Gasteiger partial charge in [0.05, 0.1) is 42.1 Å². The molecule has 3 N–H and O–H groups in total. The third kappa shape index (κ3) is 5.27. The van der Waals surface area contributed by atoms with Crippen LogP contribution >= 0.6 is 11.6 Å². The normalized spacial score (nSPS) is 21.3. The molecule has 1 saturated heterocycles. The van der Waals surface area contributed by atoms with Gasteiger partial charge in [-0.3, -0.25) is 19.1 Å². The summed E-state index contributed by atoms with van der Waals surface area (Å²) >= 11 is 6.37.